The topological polar surface area (TPSA) is 75.7 Å². The molecule has 0 aliphatic carbocycles. The Bertz CT molecular complexity index is 675. The normalized spacial score (nSPS) is 19.5. The van der Waals surface area contributed by atoms with Gasteiger partial charge in [0, 0.05) is 26.1 Å². The third kappa shape index (κ3) is 3.89. The lowest BCUT2D eigenvalue weighted by molar-refractivity contribution is -0.275. The molecular formula is C12H13F3N2O4S. The first-order chi connectivity index (χ1) is 10.1. The molecule has 0 bridgehead atoms. The van der Waals surface area contributed by atoms with Crippen LogP contribution in [-0.4, -0.2) is 45.2 Å². The number of likely N-dealkylation sites (tertiary alicyclic amines) is 1. The number of alkyl halides is 3. The Hall–Kier alpha value is -1.81. The molecule has 22 heavy (non-hydrogen) atoms. The highest BCUT2D eigenvalue weighted by Crippen LogP contribution is 2.29. The average molecular weight is 338 g/mol. The number of para-hydroxylation sites is 1. The van der Waals surface area contributed by atoms with Crippen LogP contribution in [0.4, 0.5) is 13.2 Å². The molecule has 1 aliphatic heterocycles. The SMILES string of the molecule is CN1C[C@H](NS(=O)(=O)c2ccccc2OC(F)(F)F)CC1=O. The molecule has 122 valence electrons. The molecule has 1 fully saturated rings. The van der Waals surface area contributed by atoms with Crippen LogP contribution in [0.3, 0.4) is 0 Å². The average Bonchev–Trinajstić information content (AvgIpc) is 2.65. The number of carbonyl (C=O) groups is 1. The van der Waals surface area contributed by atoms with E-state index in [4.69, 9.17) is 0 Å². The quantitative estimate of drug-likeness (QED) is 0.892. The second kappa shape index (κ2) is 5.76. The van der Waals surface area contributed by atoms with E-state index in [2.05, 4.69) is 9.46 Å². The van der Waals surface area contributed by atoms with Crippen molar-refractivity contribution in [1.82, 2.24) is 9.62 Å². The summed E-state index contributed by atoms with van der Waals surface area (Å²) in [7, 11) is -2.74. The van der Waals surface area contributed by atoms with Crippen LogP contribution in [0.2, 0.25) is 0 Å². The molecule has 1 N–H and O–H groups in total. The molecule has 1 aliphatic rings. The van der Waals surface area contributed by atoms with Gasteiger partial charge in [-0.25, -0.2) is 13.1 Å². The van der Waals surface area contributed by atoms with Gasteiger partial charge in [-0.05, 0) is 12.1 Å². The van der Waals surface area contributed by atoms with Gasteiger partial charge in [-0.2, -0.15) is 0 Å². The molecule has 0 radical (unpaired) electrons. The highest BCUT2D eigenvalue weighted by atomic mass is 32.2. The van der Waals surface area contributed by atoms with Crippen molar-refractivity contribution in [3.05, 3.63) is 24.3 Å². The van der Waals surface area contributed by atoms with Gasteiger partial charge in [0.2, 0.25) is 15.9 Å². The second-order valence-corrected chi connectivity index (χ2v) is 6.47. The van der Waals surface area contributed by atoms with Crippen molar-refractivity contribution < 1.29 is 31.1 Å². The van der Waals surface area contributed by atoms with Crippen LogP contribution < -0.4 is 9.46 Å². The summed E-state index contributed by atoms with van der Waals surface area (Å²) >= 11 is 0. The van der Waals surface area contributed by atoms with Crippen LogP contribution in [0.25, 0.3) is 0 Å². The Morgan fingerprint density at radius 1 is 1.32 bits per heavy atom. The van der Waals surface area contributed by atoms with Crippen LogP contribution in [0, 0.1) is 0 Å². The summed E-state index contributed by atoms with van der Waals surface area (Å²) < 4.78 is 67.4. The van der Waals surface area contributed by atoms with Crippen LogP contribution in [0.5, 0.6) is 5.75 Å². The molecule has 0 spiro atoms. The molecule has 10 heteroatoms. The molecule has 1 saturated heterocycles. The summed E-state index contributed by atoms with van der Waals surface area (Å²) in [5, 5.41) is 0. The number of carbonyl (C=O) groups excluding carboxylic acids is 1. The van der Waals surface area contributed by atoms with Gasteiger partial charge in [0.15, 0.2) is 0 Å². The lowest BCUT2D eigenvalue weighted by Crippen LogP contribution is -2.36. The molecule has 2 rings (SSSR count). The second-order valence-electron chi connectivity index (χ2n) is 4.79. The fourth-order valence-electron chi connectivity index (χ4n) is 2.11. The number of rotatable bonds is 4. The smallest absolute Gasteiger partial charge is 0.404 e. The van der Waals surface area contributed by atoms with Gasteiger partial charge in [0.05, 0.1) is 0 Å². The largest absolute Gasteiger partial charge is 0.573 e. The summed E-state index contributed by atoms with van der Waals surface area (Å²) in [4.78, 5) is 12.1. The molecule has 0 unspecified atom stereocenters. The molecule has 0 saturated carbocycles. The highest BCUT2D eigenvalue weighted by Gasteiger charge is 2.35. The zero-order valence-corrected chi connectivity index (χ0v) is 12.2. The summed E-state index contributed by atoms with van der Waals surface area (Å²) in [5.41, 5.74) is 0. The number of amides is 1. The van der Waals surface area contributed by atoms with E-state index in [-0.39, 0.29) is 18.9 Å². The molecule has 1 amide bonds. The summed E-state index contributed by atoms with van der Waals surface area (Å²) in [6.07, 6.45) is -5.05. The lowest BCUT2D eigenvalue weighted by Gasteiger charge is -2.16. The molecule has 1 atom stereocenters. The van der Waals surface area contributed by atoms with Gasteiger partial charge in [-0.1, -0.05) is 12.1 Å². The Morgan fingerprint density at radius 2 is 1.95 bits per heavy atom. The Kier molecular flexibility index (Phi) is 4.34. The molecule has 1 heterocycles. The van der Waals surface area contributed by atoms with Crippen molar-refractivity contribution >= 4 is 15.9 Å². The monoisotopic (exact) mass is 338 g/mol. The molecule has 1 aromatic carbocycles. The zero-order valence-electron chi connectivity index (χ0n) is 11.4. The van der Waals surface area contributed by atoms with Crippen molar-refractivity contribution in [2.75, 3.05) is 13.6 Å². The van der Waals surface area contributed by atoms with E-state index in [0.29, 0.717) is 0 Å². The first kappa shape index (κ1) is 16.6. The van der Waals surface area contributed by atoms with Crippen molar-refractivity contribution in [1.29, 1.82) is 0 Å². The number of sulfonamides is 1. The van der Waals surface area contributed by atoms with Crippen molar-refractivity contribution in [2.45, 2.75) is 23.7 Å². The summed E-state index contributed by atoms with van der Waals surface area (Å²) in [6.45, 7) is 0.153. The Labute approximate surface area is 124 Å². The number of halogens is 3. The van der Waals surface area contributed by atoms with E-state index < -0.39 is 33.1 Å². The maximum absolute atomic E-state index is 12.3. The fraction of sp³-hybridized carbons (Fsp3) is 0.417. The minimum absolute atomic E-state index is 0.0436. The first-order valence-electron chi connectivity index (χ1n) is 6.19. The maximum Gasteiger partial charge on any atom is 0.573 e. The van der Waals surface area contributed by atoms with Crippen molar-refractivity contribution in [3.8, 4) is 5.75 Å². The number of hydrogen-bond donors (Lipinski definition) is 1. The standard InChI is InChI=1S/C12H13F3N2O4S/c1-17-7-8(6-11(17)18)16-22(19,20)10-5-3-2-4-9(10)21-12(13,14)15/h2-5,8,16H,6-7H2,1H3/t8-/m1/s1. The van der Waals surface area contributed by atoms with E-state index in [1.807, 2.05) is 0 Å². The van der Waals surface area contributed by atoms with Crippen LogP contribution in [0.1, 0.15) is 6.42 Å². The minimum Gasteiger partial charge on any atom is -0.404 e. The van der Waals surface area contributed by atoms with Gasteiger partial charge in [-0.15, -0.1) is 13.2 Å². The highest BCUT2D eigenvalue weighted by molar-refractivity contribution is 7.89. The zero-order chi connectivity index (χ0) is 16.5. The van der Waals surface area contributed by atoms with Crippen molar-refractivity contribution in [3.63, 3.8) is 0 Å². The molecular weight excluding hydrogens is 325 g/mol. The van der Waals surface area contributed by atoms with E-state index in [1.54, 1.807) is 0 Å². The predicted octanol–water partition coefficient (Wildman–Crippen LogP) is 1.09. The molecule has 0 aromatic heterocycles. The minimum atomic E-state index is -5.00. The number of nitrogens with one attached hydrogen (secondary N) is 1. The van der Waals surface area contributed by atoms with E-state index >= 15 is 0 Å². The van der Waals surface area contributed by atoms with E-state index in [0.717, 1.165) is 12.1 Å². The van der Waals surface area contributed by atoms with Gasteiger partial charge in [-0.3, -0.25) is 4.79 Å². The number of benzene rings is 1. The van der Waals surface area contributed by atoms with Crippen LogP contribution >= 0.6 is 0 Å². The van der Waals surface area contributed by atoms with Gasteiger partial charge in [0.1, 0.15) is 10.6 Å². The number of ether oxygens (including phenoxy) is 1. The van der Waals surface area contributed by atoms with Gasteiger partial charge >= 0.3 is 6.36 Å². The fourth-order valence-corrected chi connectivity index (χ4v) is 3.46. The maximum atomic E-state index is 12.3. The molecule has 6 nitrogen and oxygen atoms in total. The van der Waals surface area contributed by atoms with E-state index in [1.165, 1.54) is 24.1 Å². The number of nitrogens with zero attached hydrogens (tertiary/aromatic N) is 1. The summed E-state index contributed by atoms with van der Waals surface area (Å²) in [5.74, 6) is -1.06. The summed E-state index contributed by atoms with van der Waals surface area (Å²) in [6, 6.07) is 3.73. The third-order valence-electron chi connectivity index (χ3n) is 3.03. The number of hydrogen-bond acceptors (Lipinski definition) is 4. The molecule has 1 aromatic rings. The van der Waals surface area contributed by atoms with Gasteiger partial charge in [0.25, 0.3) is 0 Å². The van der Waals surface area contributed by atoms with Gasteiger partial charge < -0.3 is 9.64 Å². The van der Waals surface area contributed by atoms with E-state index in [9.17, 15) is 26.4 Å². The van der Waals surface area contributed by atoms with Crippen LogP contribution in [0.15, 0.2) is 29.2 Å². The van der Waals surface area contributed by atoms with Crippen LogP contribution in [-0.2, 0) is 14.8 Å². The number of likely N-dealkylation sites (N-methyl/N-ethyl adjacent to an activating group) is 1. The predicted molar refractivity (Wildman–Crippen MR) is 69.5 cm³/mol. The Balaban J connectivity index is 2.25. The Morgan fingerprint density at radius 3 is 2.50 bits per heavy atom. The lowest BCUT2D eigenvalue weighted by atomic mass is 10.3. The third-order valence-corrected chi connectivity index (χ3v) is 4.59. The van der Waals surface area contributed by atoms with Crippen molar-refractivity contribution in [2.24, 2.45) is 0 Å². The first-order valence-corrected chi connectivity index (χ1v) is 7.68.